The van der Waals surface area contributed by atoms with E-state index in [4.69, 9.17) is 28.4 Å². The molecular formula is C61H111NO18. The molecule has 3 rings (SSSR count). The maximum Gasteiger partial charge on any atom is 0.220 e. The van der Waals surface area contributed by atoms with Crippen molar-refractivity contribution >= 4 is 5.91 Å². The third-order valence-electron chi connectivity index (χ3n) is 15.7. The van der Waals surface area contributed by atoms with Crippen LogP contribution in [-0.2, 0) is 33.2 Å². The summed E-state index contributed by atoms with van der Waals surface area (Å²) in [4.78, 5) is 13.3. The number of carbonyl (C=O) groups excluding carboxylic acids is 1. The fourth-order valence-corrected chi connectivity index (χ4v) is 10.5. The van der Waals surface area contributed by atoms with Crippen molar-refractivity contribution in [2.45, 2.75) is 317 Å². The fourth-order valence-electron chi connectivity index (χ4n) is 10.5. The van der Waals surface area contributed by atoms with Gasteiger partial charge < -0.3 is 89.9 Å². The first kappa shape index (κ1) is 72.3. The Labute approximate surface area is 479 Å². The number of rotatable bonds is 46. The van der Waals surface area contributed by atoms with E-state index >= 15 is 0 Å². The lowest BCUT2D eigenvalue weighted by Crippen LogP contribution is -2.66. The molecule has 80 heavy (non-hydrogen) atoms. The minimum atomic E-state index is -1.98. The van der Waals surface area contributed by atoms with Gasteiger partial charge >= 0.3 is 0 Å². The van der Waals surface area contributed by atoms with Crippen LogP contribution >= 0.6 is 0 Å². The number of aliphatic hydroxyl groups is 11. The summed E-state index contributed by atoms with van der Waals surface area (Å²) >= 11 is 0. The Morgan fingerprint density at radius 1 is 0.450 bits per heavy atom. The molecule has 0 saturated carbocycles. The lowest BCUT2D eigenvalue weighted by atomic mass is 9.96. The number of hydrogen-bond donors (Lipinski definition) is 12. The van der Waals surface area contributed by atoms with Crippen molar-refractivity contribution in [2.24, 2.45) is 0 Å². The Bertz CT molecular complexity index is 1600. The maximum atomic E-state index is 13.3. The van der Waals surface area contributed by atoms with Crippen LogP contribution < -0.4 is 5.32 Å². The number of allylic oxidation sites excluding steroid dienone is 5. The van der Waals surface area contributed by atoms with E-state index in [0.29, 0.717) is 6.42 Å². The molecule has 17 atom stereocenters. The number of hydrogen-bond acceptors (Lipinski definition) is 18. The first-order valence-electron chi connectivity index (χ1n) is 31.2. The molecule has 3 fully saturated rings. The van der Waals surface area contributed by atoms with Crippen LogP contribution in [0, 0.1) is 0 Å². The molecule has 0 aromatic rings. The zero-order valence-electron chi connectivity index (χ0n) is 48.8. The zero-order valence-corrected chi connectivity index (χ0v) is 48.8. The highest BCUT2D eigenvalue weighted by molar-refractivity contribution is 5.76. The van der Waals surface area contributed by atoms with Crippen molar-refractivity contribution in [2.75, 3.05) is 26.4 Å². The number of nitrogens with one attached hydrogen (secondary N) is 1. The van der Waals surface area contributed by atoms with Crippen LogP contribution in [0.3, 0.4) is 0 Å². The zero-order chi connectivity index (χ0) is 58.3. The highest BCUT2D eigenvalue weighted by Gasteiger charge is 2.53. The van der Waals surface area contributed by atoms with Gasteiger partial charge in [-0.2, -0.15) is 0 Å². The third-order valence-corrected chi connectivity index (χ3v) is 15.7. The summed E-state index contributed by atoms with van der Waals surface area (Å²) in [5, 5.41) is 120. The molecule has 12 N–H and O–H groups in total. The molecule has 19 nitrogen and oxygen atoms in total. The molecule has 0 aliphatic carbocycles. The second-order valence-corrected chi connectivity index (χ2v) is 22.5. The number of unbranched alkanes of at least 4 members (excludes halogenated alkanes) is 26. The predicted octanol–water partition coefficient (Wildman–Crippen LogP) is 6.10. The van der Waals surface area contributed by atoms with Gasteiger partial charge in [-0.25, -0.2) is 0 Å². The van der Waals surface area contributed by atoms with Crippen LogP contribution in [0.5, 0.6) is 0 Å². The summed E-state index contributed by atoms with van der Waals surface area (Å²) < 4.78 is 34.3. The van der Waals surface area contributed by atoms with Crippen LogP contribution in [0.1, 0.15) is 213 Å². The van der Waals surface area contributed by atoms with Gasteiger partial charge in [0.15, 0.2) is 18.9 Å². The summed E-state index contributed by atoms with van der Waals surface area (Å²) in [6, 6.07) is -0.974. The van der Waals surface area contributed by atoms with Gasteiger partial charge in [0.25, 0.3) is 0 Å². The molecule has 17 unspecified atom stereocenters. The largest absolute Gasteiger partial charge is 0.394 e. The van der Waals surface area contributed by atoms with E-state index in [0.717, 1.165) is 64.2 Å². The molecular weight excluding hydrogens is 1030 g/mol. The Morgan fingerprint density at radius 3 is 1.30 bits per heavy atom. The lowest BCUT2D eigenvalue weighted by molar-refractivity contribution is -0.379. The van der Waals surface area contributed by atoms with E-state index in [1.165, 1.54) is 122 Å². The summed E-state index contributed by atoms with van der Waals surface area (Å²) in [6.45, 7) is 1.70. The van der Waals surface area contributed by atoms with Crippen LogP contribution in [0.4, 0.5) is 0 Å². The maximum absolute atomic E-state index is 13.3. The smallest absolute Gasteiger partial charge is 0.220 e. The number of aliphatic hydroxyl groups excluding tert-OH is 11. The van der Waals surface area contributed by atoms with E-state index in [1.807, 2.05) is 6.08 Å². The van der Waals surface area contributed by atoms with Crippen LogP contribution in [-0.4, -0.2) is 193 Å². The normalized spacial score (nSPS) is 30.2. The Balaban J connectivity index is 1.49. The fraction of sp³-hybridized carbons (Fsp3) is 0.885. The molecule has 0 radical (unpaired) electrons. The van der Waals surface area contributed by atoms with Crippen LogP contribution in [0.2, 0.25) is 0 Å². The van der Waals surface area contributed by atoms with Gasteiger partial charge in [0.05, 0.1) is 38.6 Å². The van der Waals surface area contributed by atoms with Crippen LogP contribution in [0.25, 0.3) is 0 Å². The van der Waals surface area contributed by atoms with Gasteiger partial charge in [-0.3, -0.25) is 4.79 Å². The first-order valence-corrected chi connectivity index (χ1v) is 31.2. The molecule has 468 valence electrons. The van der Waals surface area contributed by atoms with Gasteiger partial charge in [0.2, 0.25) is 5.91 Å². The van der Waals surface area contributed by atoms with Gasteiger partial charge in [0, 0.05) is 6.42 Å². The van der Waals surface area contributed by atoms with Gasteiger partial charge in [-0.05, 0) is 51.4 Å². The van der Waals surface area contributed by atoms with Crippen molar-refractivity contribution < 1.29 is 89.4 Å². The third kappa shape index (κ3) is 27.8. The topological polar surface area (TPSA) is 307 Å². The van der Waals surface area contributed by atoms with Crippen molar-refractivity contribution in [1.82, 2.24) is 5.32 Å². The highest BCUT2D eigenvalue weighted by Crippen LogP contribution is 2.33. The average Bonchev–Trinajstić information content (AvgIpc) is 3.50. The number of ether oxygens (including phenoxy) is 6. The van der Waals surface area contributed by atoms with E-state index in [1.54, 1.807) is 6.08 Å². The monoisotopic (exact) mass is 1150 g/mol. The molecule has 0 bridgehead atoms. The van der Waals surface area contributed by atoms with Gasteiger partial charge in [0.1, 0.15) is 73.2 Å². The molecule has 0 spiro atoms. The van der Waals surface area contributed by atoms with Crippen molar-refractivity contribution in [3.63, 3.8) is 0 Å². The minimum Gasteiger partial charge on any atom is -0.394 e. The standard InChI is InChI=1S/C61H111NO18/c1-3-5-7-9-11-13-15-17-19-21-22-23-25-27-29-31-33-35-37-39-49(67)62-44(45(66)38-36-34-32-30-28-26-24-20-18-16-14-12-10-8-6-4-2)43-75-59-55(73)52(70)57(47(41-64)77-59)80-61-56(74)53(71)58(48(42-65)78-61)79-60-54(72)51(69)50(68)46(40-63)76-60/h11,13,17,19,36,38,44-48,50-61,63-66,68-74H,3-10,12,14-16,18,20-35,37,39-43H2,1-2H3,(H,62,67)/b13-11-,19-17-,38-36+. The highest BCUT2D eigenvalue weighted by atomic mass is 16.8. The molecule has 3 aliphatic rings. The molecule has 3 saturated heterocycles. The van der Waals surface area contributed by atoms with E-state index in [2.05, 4.69) is 43.5 Å². The molecule has 1 amide bonds. The average molecular weight is 1150 g/mol. The lowest BCUT2D eigenvalue weighted by Gasteiger charge is -2.48. The number of amides is 1. The Hall–Kier alpha value is -1.99. The molecule has 3 heterocycles. The Kier molecular flexibility index (Phi) is 40.2. The minimum absolute atomic E-state index is 0.239. The summed E-state index contributed by atoms with van der Waals surface area (Å²) in [5.41, 5.74) is 0. The summed E-state index contributed by atoms with van der Waals surface area (Å²) in [5.74, 6) is -0.280. The summed E-state index contributed by atoms with van der Waals surface area (Å²) in [7, 11) is 0. The Morgan fingerprint density at radius 2 is 0.825 bits per heavy atom. The van der Waals surface area contributed by atoms with Gasteiger partial charge in [-0.15, -0.1) is 0 Å². The second-order valence-electron chi connectivity index (χ2n) is 22.5. The van der Waals surface area contributed by atoms with Crippen molar-refractivity contribution in [3.8, 4) is 0 Å². The SMILES string of the molecule is CCCCC/C=C\C/C=C\CCCCCCCCCCCC(=O)NC(COC1OC(CO)C(OC2OC(CO)C(OC3OC(CO)C(O)C(O)C3O)C(O)C2O)C(O)C1O)C(O)/C=C/CCCCCCCCCCCCCCCC. The summed E-state index contributed by atoms with van der Waals surface area (Å²) in [6.07, 6.45) is 21.1. The second kappa shape index (κ2) is 44.5. The number of carbonyl (C=O) groups is 1. The predicted molar refractivity (Wildman–Crippen MR) is 305 cm³/mol. The van der Waals surface area contributed by atoms with E-state index in [9.17, 15) is 61.0 Å². The van der Waals surface area contributed by atoms with Crippen molar-refractivity contribution in [1.29, 1.82) is 0 Å². The first-order chi connectivity index (χ1) is 38.8. The molecule has 19 heteroatoms. The quantitative estimate of drug-likeness (QED) is 0.0242. The molecule has 0 aromatic carbocycles. The van der Waals surface area contributed by atoms with E-state index < -0.39 is 124 Å². The molecule has 3 aliphatic heterocycles. The van der Waals surface area contributed by atoms with Crippen LogP contribution in [0.15, 0.2) is 36.5 Å². The van der Waals surface area contributed by atoms with Crippen molar-refractivity contribution in [3.05, 3.63) is 36.5 Å². The van der Waals surface area contributed by atoms with Gasteiger partial charge in [-0.1, -0.05) is 192 Å². The van der Waals surface area contributed by atoms with E-state index in [-0.39, 0.29) is 18.9 Å². The molecule has 0 aromatic heterocycles.